The van der Waals surface area contributed by atoms with Crippen molar-refractivity contribution in [3.63, 3.8) is 0 Å². The van der Waals surface area contributed by atoms with Crippen LogP contribution in [0.15, 0.2) is 52.3 Å². The van der Waals surface area contributed by atoms with E-state index in [1.54, 1.807) is 11.4 Å². The van der Waals surface area contributed by atoms with Crippen LogP contribution in [0.3, 0.4) is 0 Å². The number of allylic oxidation sites excluding steroid dienone is 1. The van der Waals surface area contributed by atoms with Crippen molar-refractivity contribution in [2.45, 2.75) is 6.18 Å². The number of aliphatic imine (C=N–C) groups is 1. The van der Waals surface area contributed by atoms with Crippen LogP contribution in [-0.4, -0.2) is 23.3 Å². The summed E-state index contributed by atoms with van der Waals surface area (Å²) < 4.78 is 38.1. The highest BCUT2D eigenvalue weighted by Crippen LogP contribution is 2.27. The molecule has 1 aromatic carbocycles. The van der Waals surface area contributed by atoms with E-state index in [4.69, 9.17) is 11.6 Å². The Morgan fingerprint density at radius 1 is 1.22 bits per heavy atom. The van der Waals surface area contributed by atoms with Gasteiger partial charge in [-0.25, -0.2) is 0 Å². The summed E-state index contributed by atoms with van der Waals surface area (Å²) >= 11 is 6.70. The standard InChI is InChI=1S/C15H9ClF3NO2S/c16-9-3-5-10(6-4-9)20-8-11(14(22)15(17,18)19)13(21)12-2-1-7-23-12/h1-8,21H/b13-11-,20-8?. The van der Waals surface area contributed by atoms with E-state index >= 15 is 0 Å². The number of Topliss-reactive ketones (excluding diaryl/α,β-unsaturated/α-hetero) is 1. The Hall–Kier alpha value is -2.12. The van der Waals surface area contributed by atoms with Gasteiger partial charge in [0.1, 0.15) is 5.76 Å². The smallest absolute Gasteiger partial charge is 0.455 e. The lowest BCUT2D eigenvalue weighted by molar-refractivity contribution is -0.165. The topological polar surface area (TPSA) is 49.7 Å². The van der Waals surface area contributed by atoms with Gasteiger partial charge in [-0.3, -0.25) is 9.79 Å². The second kappa shape index (κ2) is 6.97. The Labute approximate surface area is 138 Å². The van der Waals surface area contributed by atoms with Gasteiger partial charge in [-0.1, -0.05) is 17.7 Å². The number of benzene rings is 1. The summed E-state index contributed by atoms with van der Waals surface area (Å²) in [5.74, 6) is -2.93. The summed E-state index contributed by atoms with van der Waals surface area (Å²) in [6, 6.07) is 8.89. The second-order valence-corrected chi connectivity index (χ2v) is 5.69. The zero-order chi connectivity index (χ0) is 17.0. The van der Waals surface area contributed by atoms with Crippen molar-refractivity contribution in [2.75, 3.05) is 0 Å². The number of rotatable bonds is 4. The number of carbonyl (C=O) groups excluding carboxylic acids is 1. The predicted octanol–water partition coefficient (Wildman–Crippen LogP) is 5.20. The Morgan fingerprint density at radius 2 is 1.87 bits per heavy atom. The SMILES string of the molecule is O=C(/C(C=Nc1ccc(Cl)cc1)=C(\O)c1cccs1)C(F)(F)F. The van der Waals surface area contributed by atoms with Crippen molar-refractivity contribution >= 4 is 46.4 Å². The molecular weight excluding hydrogens is 351 g/mol. The lowest BCUT2D eigenvalue weighted by atomic mass is 10.1. The van der Waals surface area contributed by atoms with Crippen LogP contribution in [0, 0.1) is 0 Å². The number of hydrogen-bond donors (Lipinski definition) is 1. The molecule has 1 aromatic heterocycles. The molecule has 0 fully saturated rings. The van der Waals surface area contributed by atoms with Crippen LogP contribution in [0.2, 0.25) is 5.02 Å². The highest BCUT2D eigenvalue weighted by atomic mass is 35.5. The Morgan fingerprint density at radius 3 is 2.39 bits per heavy atom. The van der Waals surface area contributed by atoms with E-state index in [1.165, 1.54) is 30.3 Å². The van der Waals surface area contributed by atoms with Crippen LogP contribution in [0.5, 0.6) is 0 Å². The number of nitrogens with zero attached hydrogens (tertiary/aromatic N) is 1. The molecule has 23 heavy (non-hydrogen) atoms. The Balaban J connectivity index is 2.44. The van der Waals surface area contributed by atoms with E-state index in [1.807, 2.05) is 0 Å². The van der Waals surface area contributed by atoms with E-state index in [0.717, 1.165) is 11.3 Å². The quantitative estimate of drug-likeness (QED) is 0.463. The van der Waals surface area contributed by atoms with Crippen molar-refractivity contribution in [2.24, 2.45) is 4.99 Å². The molecule has 0 bridgehead atoms. The van der Waals surface area contributed by atoms with Gasteiger partial charge >= 0.3 is 6.18 Å². The molecule has 0 spiro atoms. The van der Waals surface area contributed by atoms with Crippen LogP contribution >= 0.6 is 22.9 Å². The van der Waals surface area contributed by atoms with Gasteiger partial charge < -0.3 is 5.11 Å². The van der Waals surface area contributed by atoms with Crippen molar-refractivity contribution in [1.82, 2.24) is 0 Å². The molecular formula is C15H9ClF3NO2S. The zero-order valence-corrected chi connectivity index (χ0v) is 12.9. The fourth-order valence-corrected chi connectivity index (χ4v) is 2.40. The molecule has 3 nitrogen and oxygen atoms in total. The second-order valence-electron chi connectivity index (χ2n) is 4.30. The maximum absolute atomic E-state index is 12.7. The van der Waals surface area contributed by atoms with E-state index in [0.29, 0.717) is 16.9 Å². The number of thiophene rings is 1. The first-order chi connectivity index (χ1) is 10.8. The Bertz CT molecular complexity index is 750. The predicted molar refractivity (Wildman–Crippen MR) is 84.5 cm³/mol. The molecule has 0 aliphatic carbocycles. The third kappa shape index (κ3) is 4.43. The minimum absolute atomic E-state index is 0.139. The van der Waals surface area contributed by atoms with Gasteiger partial charge in [0.05, 0.1) is 16.1 Å². The van der Waals surface area contributed by atoms with E-state index in [9.17, 15) is 23.1 Å². The van der Waals surface area contributed by atoms with Gasteiger partial charge in [0.25, 0.3) is 5.78 Å². The summed E-state index contributed by atoms with van der Waals surface area (Å²) in [5.41, 5.74) is -0.629. The average molecular weight is 360 g/mol. The van der Waals surface area contributed by atoms with Crippen LogP contribution in [0.4, 0.5) is 18.9 Å². The normalized spacial score (nSPS) is 13.2. The number of halogens is 4. The first-order valence-corrected chi connectivity index (χ1v) is 7.43. The van der Waals surface area contributed by atoms with Crippen molar-refractivity contribution in [3.8, 4) is 0 Å². The highest BCUT2D eigenvalue weighted by Gasteiger charge is 2.41. The maximum atomic E-state index is 12.7. The minimum Gasteiger partial charge on any atom is -0.506 e. The van der Waals surface area contributed by atoms with Gasteiger partial charge in [-0.2, -0.15) is 13.2 Å². The van der Waals surface area contributed by atoms with Crippen LogP contribution in [0.25, 0.3) is 5.76 Å². The summed E-state index contributed by atoms with van der Waals surface area (Å²) in [4.78, 5) is 15.5. The first kappa shape index (κ1) is 17.2. The number of hydrogen-bond acceptors (Lipinski definition) is 4. The van der Waals surface area contributed by atoms with Gasteiger partial charge in [0, 0.05) is 11.2 Å². The van der Waals surface area contributed by atoms with E-state index < -0.39 is 23.3 Å². The van der Waals surface area contributed by atoms with Crippen LogP contribution in [-0.2, 0) is 4.79 Å². The monoisotopic (exact) mass is 359 g/mol. The lowest BCUT2D eigenvalue weighted by Gasteiger charge is -2.07. The minimum atomic E-state index is -5.12. The highest BCUT2D eigenvalue weighted by molar-refractivity contribution is 7.11. The summed E-state index contributed by atoms with van der Waals surface area (Å²) in [7, 11) is 0. The van der Waals surface area contributed by atoms with Gasteiger partial charge in [0.15, 0.2) is 0 Å². The molecule has 120 valence electrons. The molecule has 1 N–H and O–H groups in total. The Kier molecular flexibility index (Phi) is 5.23. The number of carbonyl (C=O) groups is 1. The number of alkyl halides is 3. The largest absolute Gasteiger partial charge is 0.506 e. The fraction of sp³-hybridized carbons (Fsp3) is 0.0667. The molecule has 0 radical (unpaired) electrons. The molecule has 0 aliphatic rings. The number of ketones is 1. The fourth-order valence-electron chi connectivity index (χ4n) is 1.59. The average Bonchev–Trinajstić information content (AvgIpc) is 3.02. The molecule has 0 aliphatic heterocycles. The van der Waals surface area contributed by atoms with Crippen molar-refractivity contribution < 1.29 is 23.1 Å². The summed E-state index contributed by atoms with van der Waals surface area (Å²) in [5, 5.41) is 12.0. The molecule has 0 amide bonds. The van der Waals surface area contributed by atoms with Gasteiger partial charge in [-0.15, -0.1) is 11.3 Å². The number of aliphatic hydroxyl groups is 1. The van der Waals surface area contributed by atoms with Gasteiger partial charge in [-0.05, 0) is 35.7 Å². The lowest BCUT2D eigenvalue weighted by Crippen LogP contribution is -2.26. The zero-order valence-electron chi connectivity index (χ0n) is 11.3. The van der Waals surface area contributed by atoms with E-state index in [-0.39, 0.29) is 4.88 Å². The third-order valence-corrected chi connectivity index (χ3v) is 3.81. The molecule has 0 atom stereocenters. The number of aliphatic hydroxyl groups excluding tert-OH is 1. The summed E-state index contributed by atoms with van der Waals surface area (Å²) in [6.07, 6.45) is -4.42. The molecule has 0 saturated heterocycles. The van der Waals surface area contributed by atoms with Crippen molar-refractivity contribution in [3.05, 3.63) is 57.3 Å². The summed E-state index contributed by atoms with van der Waals surface area (Å²) in [6.45, 7) is 0. The molecule has 0 unspecified atom stereocenters. The molecule has 2 aromatic rings. The molecule has 8 heteroatoms. The maximum Gasteiger partial charge on any atom is 0.455 e. The molecule has 2 rings (SSSR count). The van der Waals surface area contributed by atoms with Crippen LogP contribution < -0.4 is 0 Å². The molecule has 1 heterocycles. The van der Waals surface area contributed by atoms with E-state index in [2.05, 4.69) is 4.99 Å². The third-order valence-electron chi connectivity index (χ3n) is 2.68. The first-order valence-electron chi connectivity index (χ1n) is 6.17. The van der Waals surface area contributed by atoms with Crippen molar-refractivity contribution in [1.29, 1.82) is 0 Å². The van der Waals surface area contributed by atoms with Crippen LogP contribution in [0.1, 0.15) is 4.88 Å². The molecule has 0 saturated carbocycles. The van der Waals surface area contributed by atoms with Gasteiger partial charge in [0.2, 0.25) is 0 Å².